The number of carbonyl (C=O) groups excluding carboxylic acids is 1. The molecule has 0 bridgehead atoms. The van der Waals surface area contributed by atoms with Crippen LogP contribution in [0.15, 0.2) is 60.8 Å². The molecule has 1 aliphatic heterocycles. The number of pyridine rings is 1. The Kier molecular flexibility index (Phi) is 5.01. The maximum atomic E-state index is 13.3. The van der Waals surface area contributed by atoms with Gasteiger partial charge in [0.1, 0.15) is 11.6 Å². The molecule has 1 aromatic heterocycles. The van der Waals surface area contributed by atoms with Crippen molar-refractivity contribution in [2.75, 3.05) is 19.7 Å². The van der Waals surface area contributed by atoms with E-state index < -0.39 is 0 Å². The van der Waals surface area contributed by atoms with Gasteiger partial charge in [0.2, 0.25) is 0 Å². The fourth-order valence-electron chi connectivity index (χ4n) is 3.60. The van der Waals surface area contributed by atoms with Gasteiger partial charge >= 0.3 is 0 Å². The molecular formula is C22H21FN2O2. The number of benzene rings is 2. The predicted octanol–water partition coefficient (Wildman–Crippen LogP) is 4.31. The molecule has 1 saturated heterocycles. The quantitative estimate of drug-likeness (QED) is 0.693. The van der Waals surface area contributed by atoms with Crippen molar-refractivity contribution < 1.29 is 13.9 Å². The van der Waals surface area contributed by atoms with Gasteiger partial charge in [0.05, 0.1) is 17.7 Å². The molecule has 0 N–H and O–H groups in total. The number of nitrogens with zero attached hydrogens (tertiary/aromatic N) is 2. The Labute approximate surface area is 157 Å². The van der Waals surface area contributed by atoms with Crippen molar-refractivity contribution in [2.45, 2.75) is 12.8 Å². The molecule has 0 aliphatic carbocycles. The van der Waals surface area contributed by atoms with Gasteiger partial charge in [-0.15, -0.1) is 0 Å². The summed E-state index contributed by atoms with van der Waals surface area (Å²) in [4.78, 5) is 19.3. The summed E-state index contributed by atoms with van der Waals surface area (Å²) in [7, 11) is 0. The van der Waals surface area contributed by atoms with Crippen LogP contribution in [0.1, 0.15) is 23.2 Å². The molecular weight excluding hydrogens is 343 g/mol. The Bertz CT molecular complexity index is 954. The van der Waals surface area contributed by atoms with Crippen LogP contribution in [-0.4, -0.2) is 35.5 Å². The molecule has 4 rings (SSSR count). The molecule has 0 saturated carbocycles. The summed E-state index contributed by atoms with van der Waals surface area (Å²) < 4.78 is 19.0. The molecule has 5 heteroatoms. The molecule has 1 fully saturated rings. The van der Waals surface area contributed by atoms with E-state index >= 15 is 0 Å². The van der Waals surface area contributed by atoms with Crippen molar-refractivity contribution >= 4 is 16.8 Å². The minimum absolute atomic E-state index is 0.00903. The van der Waals surface area contributed by atoms with Crippen LogP contribution in [0.4, 0.5) is 4.39 Å². The van der Waals surface area contributed by atoms with Crippen molar-refractivity contribution in [3.8, 4) is 5.75 Å². The van der Waals surface area contributed by atoms with Gasteiger partial charge in [-0.2, -0.15) is 0 Å². The largest absolute Gasteiger partial charge is 0.493 e. The van der Waals surface area contributed by atoms with Crippen molar-refractivity contribution in [1.82, 2.24) is 9.88 Å². The van der Waals surface area contributed by atoms with Gasteiger partial charge in [-0.1, -0.05) is 24.3 Å². The topological polar surface area (TPSA) is 42.4 Å². The average Bonchev–Trinajstić information content (AvgIpc) is 2.71. The average molecular weight is 364 g/mol. The molecule has 1 aliphatic rings. The van der Waals surface area contributed by atoms with Crippen molar-refractivity contribution in [1.29, 1.82) is 0 Å². The summed E-state index contributed by atoms with van der Waals surface area (Å²) in [6.07, 6.45) is 3.64. The number of fused-ring (bicyclic) bond motifs is 1. The molecule has 2 aromatic carbocycles. The van der Waals surface area contributed by atoms with Gasteiger partial charge in [-0.05, 0) is 37.1 Å². The Hall–Kier alpha value is -2.95. The predicted molar refractivity (Wildman–Crippen MR) is 102 cm³/mol. The lowest BCUT2D eigenvalue weighted by Gasteiger charge is -2.32. The number of para-hydroxylation sites is 1. The first kappa shape index (κ1) is 17.5. The van der Waals surface area contributed by atoms with Gasteiger partial charge in [0, 0.05) is 36.7 Å². The third-order valence-electron chi connectivity index (χ3n) is 4.95. The van der Waals surface area contributed by atoms with Gasteiger partial charge < -0.3 is 9.64 Å². The van der Waals surface area contributed by atoms with Gasteiger partial charge in [0.15, 0.2) is 0 Å². The van der Waals surface area contributed by atoms with Crippen LogP contribution in [0.5, 0.6) is 5.75 Å². The molecule has 27 heavy (non-hydrogen) atoms. The van der Waals surface area contributed by atoms with Crippen LogP contribution in [0, 0.1) is 11.7 Å². The summed E-state index contributed by atoms with van der Waals surface area (Å²) in [5, 5.41) is 0.964. The first-order valence-corrected chi connectivity index (χ1v) is 9.22. The minimum Gasteiger partial charge on any atom is -0.493 e. The fourth-order valence-corrected chi connectivity index (χ4v) is 3.60. The number of carbonyl (C=O) groups is 1. The SMILES string of the molecule is O=C(c1cccc2cccnc12)N1CCCC(COc2cccc(F)c2)C1. The molecule has 1 amide bonds. The number of ether oxygens (including phenoxy) is 1. The number of hydrogen-bond donors (Lipinski definition) is 0. The first-order chi connectivity index (χ1) is 13.2. The zero-order valence-corrected chi connectivity index (χ0v) is 15.0. The summed E-state index contributed by atoms with van der Waals surface area (Å²) in [6.45, 7) is 1.84. The monoisotopic (exact) mass is 364 g/mol. The molecule has 138 valence electrons. The lowest BCUT2D eigenvalue weighted by molar-refractivity contribution is 0.0635. The van der Waals surface area contributed by atoms with E-state index in [-0.39, 0.29) is 17.6 Å². The standard InChI is InChI=1S/C22H21FN2O2/c23-18-8-2-9-19(13-18)27-15-16-5-4-12-25(14-16)22(26)20-10-1-6-17-7-3-11-24-21(17)20/h1-3,6-11,13,16H,4-5,12,14-15H2. The zero-order valence-electron chi connectivity index (χ0n) is 15.0. The van der Waals surface area contributed by atoms with E-state index in [1.807, 2.05) is 35.2 Å². The molecule has 3 aromatic rings. The Balaban J connectivity index is 1.45. The normalized spacial score (nSPS) is 17.1. The summed E-state index contributed by atoms with van der Waals surface area (Å²) >= 11 is 0. The van der Waals surface area contributed by atoms with E-state index in [1.165, 1.54) is 12.1 Å². The van der Waals surface area contributed by atoms with Gasteiger partial charge in [-0.3, -0.25) is 9.78 Å². The number of piperidine rings is 1. The molecule has 2 heterocycles. The maximum absolute atomic E-state index is 13.3. The fraction of sp³-hybridized carbons (Fsp3) is 0.273. The summed E-state index contributed by atoms with van der Waals surface area (Å²) in [5.41, 5.74) is 1.38. The van der Waals surface area contributed by atoms with Crippen LogP contribution >= 0.6 is 0 Å². The highest BCUT2D eigenvalue weighted by Gasteiger charge is 2.26. The molecule has 1 atom stereocenters. The van der Waals surface area contributed by atoms with E-state index in [1.54, 1.807) is 18.3 Å². The van der Waals surface area contributed by atoms with E-state index in [4.69, 9.17) is 4.74 Å². The second-order valence-corrected chi connectivity index (χ2v) is 6.91. The Morgan fingerprint density at radius 2 is 2.04 bits per heavy atom. The van der Waals surface area contributed by atoms with Crippen LogP contribution in [0.2, 0.25) is 0 Å². The molecule has 4 nitrogen and oxygen atoms in total. The third-order valence-corrected chi connectivity index (χ3v) is 4.95. The highest BCUT2D eigenvalue weighted by atomic mass is 19.1. The lowest BCUT2D eigenvalue weighted by atomic mass is 9.98. The van der Waals surface area contributed by atoms with Crippen molar-refractivity contribution in [2.24, 2.45) is 5.92 Å². The Morgan fingerprint density at radius 1 is 1.19 bits per heavy atom. The summed E-state index contributed by atoms with van der Waals surface area (Å²) in [5.74, 6) is 0.455. The maximum Gasteiger partial charge on any atom is 0.256 e. The lowest BCUT2D eigenvalue weighted by Crippen LogP contribution is -2.41. The second kappa shape index (κ2) is 7.74. The van der Waals surface area contributed by atoms with Crippen LogP contribution in [-0.2, 0) is 0 Å². The van der Waals surface area contributed by atoms with Crippen molar-refractivity contribution in [3.63, 3.8) is 0 Å². The number of likely N-dealkylation sites (tertiary alicyclic amines) is 1. The van der Waals surface area contributed by atoms with E-state index in [0.29, 0.717) is 24.5 Å². The molecule has 1 unspecified atom stereocenters. The zero-order chi connectivity index (χ0) is 18.6. The number of rotatable bonds is 4. The highest BCUT2D eigenvalue weighted by molar-refractivity contribution is 6.05. The number of aromatic nitrogens is 1. The Morgan fingerprint density at radius 3 is 2.93 bits per heavy atom. The van der Waals surface area contributed by atoms with Crippen LogP contribution in [0.25, 0.3) is 10.9 Å². The van der Waals surface area contributed by atoms with Gasteiger partial charge in [-0.25, -0.2) is 4.39 Å². The summed E-state index contributed by atoms with van der Waals surface area (Å²) in [6, 6.07) is 15.7. The minimum atomic E-state index is -0.309. The number of halogens is 1. The number of hydrogen-bond acceptors (Lipinski definition) is 3. The second-order valence-electron chi connectivity index (χ2n) is 6.91. The first-order valence-electron chi connectivity index (χ1n) is 9.22. The van der Waals surface area contributed by atoms with Gasteiger partial charge in [0.25, 0.3) is 5.91 Å². The third kappa shape index (κ3) is 3.92. The van der Waals surface area contributed by atoms with Crippen LogP contribution < -0.4 is 4.74 Å². The van der Waals surface area contributed by atoms with Crippen LogP contribution in [0.3, 0.4) is 0 Å². The van der Waals surface area contributed by atoms with Crippen molar-refractivity contribution in [3.05, 3.63) is 72.2 Å². The van der Waals surface area contributed by atoms with E-state index in [9.17, 15) is 9.18 Å². The molecule has 0 spiro atoms. The smallest absolute Gasteiger partial charge is 0.256 e. The highest BCUT2D eigenvalue weighted by Crippen LogP contribution is 2.23. The molecule has 0 radical (unpaired) electrons. The van der Waals surface area contributed by atoms with E-state index in [0.717, 1.165) is 30.3 Å². The number of amides is 1. The van der Waals surface area contributed by atoms with E-state index in [2.05, 4.69) is 4.98 Å².